The minimum absolute atomic E-state index is 1.26. The highest BCUT2D eigenvalue weighted by molar-refractivity contribution is 4.69. The Morgan fingerprint density at radius 1 is 1.00 bits per heavy atom. The van der Waals surface area contributed by atoms with Crippen LogP contribution in [-0.2, 0) is 0 Å². The Hall–Kier alpha value is -0.120. The molecule has 0 atom stereocenters. The van der Waals surface area contributed by atoms with Gasteiger partial charge in [0.1, 0.15) is 0 Å². The van der Waals surface area contributed by atoms with Gasteiger partial charge >= 0.3 is 0 Å². The topological polar surface area (TPSA) is 6.48 Å². The van der Waals surface area contributed by atoms with Crippen LogP contribution in [0.25, 0.3) is 0 Å². The summed E-state index contributed by atoms with van der Waals surface area (Å²) < 4.78 is 1.34. The Kier molecular flexibility index (Phi) is 4.22. The Morgan fingerprint density at radius 3 is 2.25 bits per heavy atom. The van der Waals surface area contributed by atoms with Crippen LogP contribution in [0.2, 0.25) is 0 Å². The molecule has 0 radical (unpaired) electrons. The average Bonchev–Trinajstić information content (AvgIpc) is 2.69. The number of rotatable bonds is 4. The standard InChI is InChI=1S/C13H28N3/c1-14-7-9-15(10-8-14)6-5-13-16(2)11-3-4-12-16/h3-13H2,1-2H3/q+1. The van der Waals surface area contributed by atoms with Crippen molar-refractivity contribution in [2.24, 2.45) is 0 Å². The van der Waals surface area contributed by atoms with Gasteiger partial charge in [-0.2, -0.15) is 0 Å². The molecule has 0 aliphatic carbocycles. The zero-order valence-corrected chi connectivity index (χ0v) is 11.1. The lowest BCUT2D eigenvalue weighted by Gasteiger charge is -2.34. The molecule has 2 heterocycles. The fourth-order valence-electron chi connectivity index (χ4n) is 3.07. The molecule has 2 aliphatic heterocycles. The van der Waals surface area contributed by atoms with Gasteiger partial charge in [0.2, 0.25) is 0 Å². The maximum absolute atomic E-state index is 2.64. The minimum Gasteiger partial charge on any atom is -0.326 e. The zero-order valence-electron chi connectivity index (χ0n) is 11.1. The van der Waals surface area contributed by atoms with Crippen molar-refractivity contribution in [2.75, 3.05) is 66.5 Å². The highest BCUT2D eigenvalue weighted by Crippen LogP contribution is 2.16. The second-order valence-electron chi connectivity index (χ2n) is 6.00. The van der Waals surface area contributed by atoms with Crippen molar-refractivity contribution in [3.8, 4) is 0 Å². The maximum Gasteiger partial charge on any atom is 0.0796 e. The summed E-state index contributed by atoms with van der Waals surface area (Å²) >= 11 is 0. The molecule has 0 amide bonds. The van der Waals surface area contributed by atoms with Crippen molar-refractivity contribution < 1.29 is 4.48 Å². The molecule has 0 unspecified atom stereocenters. The summed E-state index contributed by atoms with van der Waals surface area (Å²) in [5.74, 6) is 0. The molecule has 2 aliphatic rings. The first-order valence-electron chi connectivity index (χ1n) is 6.92. The first-order chi connectivity index (χ1) is 7.68. The summed E-state index contributed by atoms with van der Waals surface area (Å²) in [4.78, 5) is 5.08. The van der Waals surface area contributed by atoms with Gasteiger partial charge in [0.25, 0.3) is 0 Å². The smallest absolute Gasteiger partial charge is 0.0796 e. The minimum atomic E-state index is 1.26. The molecule has 16 heavy (non-hydrogen) atoms. The predicted octanol–water partition coefficient (Wildman–Crippen LogP) is 0.864. The summed E-state index contributed by atoms with van der Waals surface area (Å²) in [6.45, 7) is 10.6. The SMILES string of the molecule is CN1CCN(CCC[N+]2(C)CCCC2)CC1. The largest absolute Gasteiger partial charge is 0.326 e. The molecule has 3 heteroatoms. The molecule has 0 bridgehead atoms. The van der Waals surface area contributed by atoms with Crippen LogP contribution in [0, 0.1) is 0 Å². The van der Waals surface area contributed by atoms with Gasteiger partial charge in [0.15, 0.2) is 0 Å². The van der Waals surface area contributed by atoms with Crippen LogP contribution >= 0.6 is 0 Å². The van der Waals surface area contributed by atoms with Gasteiger partial charge in [-0.15, -0.1) is 0 Å². The molecule has 94 valence electrons. The Bertz CT molecular complexity index is 203. The van der Waals surface area contributed by atoms with Gasteiger partial charge in [-0.25, -0.2) is 0 Å². The van der Waals surface area contributed by atoms with E-state index < -0.39 is 0 Å². The van der Waals surface area contributed by atoms with Crippen LogP contribution < -0.4 is 0 Å². The van der Waals surface area contributed by atoms with E-state index in [1.165, 1.54) is 76.1 Å². The van der Waals surface area contributed by atoms with Gasteiger partial charge in [0, 0.05) is 52.0 Å². The van der Waals surface area contributed by atoms with E-state index in [0.29, 0.717) is 0 Å². The van der Waals surface area contributed by atoms with Crippen LogP contribution in [0.15, 0.2) is 0 Å². The lowest BCUT2D eigenvalue weighted by atomic mass is 10.3. The van der Waals surface area contributed by atoms with Gasteiger partial charge < -0.3 is 14.3 Å². The maximum atomic E-state index is 2.64. The van der Waals surface area contributed by atoms with E-state index in [9.17, 15) is 0 Å². The summed E-state index contributed by atoms with van der Waals surface area (Å²) in [7, 11) is 4.67. The lowest BCUT2D eigenvalue weighted by Crippen LogP contribution is -2.46. The van der Waals surface area contributed by atoms with Crippen LogP contribution in [0.3, 0.4) is 0 Å². The predicted molar refractivity (Wildman–Crippen MR) is 68.6 cm³/mol. The average molecular weight is 226 g/mol. The Morgan fingerprint density at radius 2 is 1.62 bits per heavy atom. The van der Waals surface area contributed by atoms with Crippen LogP contribution in [0.4, 0.5) is 0 Å². The van der Waals surface area contributed by atoms with Crippen LogP contribution in [0.5, 0.6) is 0 Å². The van der Waals surface area contributed by atoms with E-state index in [1.807, 2.05) is 0 Å². The summed E-state index contributed by atoms with van der Waals surface area (Å²) in [5, 5.41) is 0. The number of piperazine rings is 1. The monoisotopic (exact) mass is 226 g/mol. The summed E-state index contributed by atoms with van der Waals surface area (Å²) in [6, 6.07) is 0. The molecule has 0 N–H and O–H groups in total. The van der Waals surface area contributed by atoms with Gasteiger partial charge in [-0.05, 0) is 7.05 Å². The molecular formula is C13H28N3+. The van der Waals surface area contributed by atoms with Crippen molar-refractivity contribution in [1.29, 1.82) is 0 Å². The normalized spacial score (nSPS) is 27.4. The molecule has 0 spiro atoms. The first kappa shape index (κ1) is 12.3. The second-order valence-corrected chi connectivity index (χ2v) is 6.00. The fourth-order valence-corrected chi connectivity index (χ4v) is 3.07. The Balaban J connectivity index is 1.61. The number of likely N-dealkylation sites (N-methyl/N-ethyl adjacent to an activating group) is 1. The van der Waals surface area contributed by atoms with Crippen molar-refractivity contribution in [3.63, 3.8) is 0 Å². The highest BCUT2D eigenvalue weighted by Gasteiger charge is 2.26. The van der Waals surface area contributed by atoms with Crippen molar-refractivity contribution in [3.05, 3.63) is 0 Å². The van der Waals surface area contributed by atoms with E-state index in [4.69, 9.17) is 0 Å². The quantitative estimate of drug-likeness (QED) is 0.656. The zero-order chi connectivity index (χ0) is 11.4. The first-order valence-corrected chi connectivity index (χ1v) is 6.92. The number of nitrogens with zero attached hydrogens (tertiary/aromatic N) is 3. The third kappa shape index (κ3) is 3.44. The molecule has 2 rings (SSSR count). The van der Waals surface area contributed by atoms with Gasteiger partial charge in [-0.1, -0.05) is 0 Å². The summed E-state index contributed by atoms with van der Waals surface area (Å²) in [5.41, 5.74) is 0. The molecule has 0 aromatic carbocycles. The van der Waals surface area contributed by atoms with Crippen molar-refractivity contribution in [2.45, 2.75) is 19.3 Å². The van der Waals surface area contributed by atoms with E-state index in [1.54, 1.807) is 0 Å². The molecule has 0 aromatic rings. The molecule has 3 nitrogen and oxygen atoms in total. The second kappa shape index (κ2) is 5.48. The highest BCUT2D eigenvalue weighted by atomic mass is 15.3. The fraction of sp³-hybridized carbons (Fsp3) is 1.00. The Labute approximate surface area is 101 Å². The number of hydrogen-bond donors (Lipinski definition) is 0. The molecule has 2 saturated heterocycles. The third-order valence-electron chi connectivity index (χ3n) is 4.41. The van der Waals surface area contributed by atoms with Gasteiger partial charge in [0.05, 0.1) is 26.7 Å². The number of hydrogen-bond acceptors (Lipinski definition) is 2. The van der Waals surface area contributed by atoms with Crippen molar-refractivity contribution >= 4 is 0 Å². The molecular weight excluding hydrogens is 198 g/mol. The number of quaternary nitrogens is 1. The molecule has 0 saturated carbocycles. The van der Waals surface area contributed by atoms with E-state index in [-0.39, 0.29) is 0 Å². The summed E-state index contributed by atoms with van der Waals surface area (Å²) in [6.07, 6.45) is 4.29. The lowest BCUT2D eigenvalue weighted by molar-refractivity contribution is -0.897. The van der Waals surface area contributed by atoms with Gasteiger partial charge in [-0.3, -0.25) is 0 Å². The van der Waals surface area contributed by atoms with Crippen LogP contribution in [0.1, 0.15) is 19.3 Å². The van der Waals surface area contributed by atoms with E-state index in [0.717, 1.165) is 0 Å². The van der Waals surface area contributed by atoms with Crippen molar-refractivity contribution in [1.82, 2.24) is 9.80 Å². The van der Waals surface area contributed by atoms with E-state index in [2.05, 4.69) is 23.9 Å². The van der Waals surface area contributed by atoms with Crippen LogP contribution in [-0.4, -0.2) is 80.7 Å². The number of likely N-dealkylation sites (tertiary alicyclic amines) is 1. The molecule has 0 aromatic heterocycles. The third-order valence-corrected chi connectivity index (χ3v) is 4.41. The van der Waals surface area contributed by atoms with E-state index >= 15 is 0 Å². The molecule has 2 fully saturated rings.